The Kier molecular flexibility index (Phi) is 2.63. The molecule has 1 amide bonds. The minimum absolute atomic E-state index is 0.223. The molecule has 12 heavy (non-hydrogen) atoms. The van der Waals surface area contributed by atoms with Crippen LogP contribution < -0.4 is 10.5 Å². The summed E-state index contributed by atoms with van der Waals surface area (Å²) in [5, 5.41) is 0. The Morgan fingerprint density at radius 1 is 1.67 bits per heavy atom. The van der Waals surface area contributed by atoms with Gasteiger partial charge in [0.2, 0.25) is 5.88 Å². The Hall–Kier alpha value is -1.58. The summed E-state index contributed by atoms with van der Waals surface area (Å²) in [6.07, 6.45) is 0. The van der Waals surface area contributed by atoms with E-state index in [-0.39, 0.29) is 5.69 Å². The van der Waals surface area contributed by atoms with Crippen LogP contribution in [0.25, 0.3) is 0 Å². The molecule has 0 radical (unpaired) electrons. The van der Waals surface area contributed by atoms with E-state index in [1.807, 2.05) is 6.92 Å². The van der Waals surface area contributed by atoms with Gasteiger partial charge >= 0.3 is 0 Å². The fourth-order valence-electron chi connectivity index (χ4n) is 0.780. The predicted octanol–water partition coefficient (Wildman–Crippen LogP) is 0.579. The third kappa shape index (κ3) is 1.95. The van der Waals surface area contributed by atoms with Crippen LogP contribution in [0.4, 0.5) is 0 Å². The fraction of sp³-hybridized carbons (Fsp3) is 0.250. The highest BCUT2D eigenvalue weighted by Gasteiger charge is 2.02. The zero-order chi connectivity index (χ0) is 8.97. The van der Waals surface area contributed by atoms with Gasteiger partial charge in [0.1, 0.15) is 5.69 Å². The highest BCUT2D eigenvalue weighted by Crippen LogP contribution is 2.06. The molecule has 64 valence electrons. The third-order valence-electron chi connectivity index (χ3n) is 1.27. The number of ether oxygens (including phenoxy) is 1. The Morgan fingerprint density at radius 2 is 2.42 bits per heavy atom. The minimum atomic E-state index is -0.545. The monoisotopic (exact) mass is 166 g/mol. The second kappa shape index (κ2) is 3.71. The lowest BCUT2D eigenvalue weighted by molar-refractivity contribution is 0.0994. The van der Waals surface area contributed by atoms with Crippen molar-refractivity contribution in [2.24, 2.45) is 5.73 Å². The van der Waals surface area contributed by atoms with Gasteiger partial charge in [-0.25, -0.2) is 4.98 Å². The predicted molar refractivity (Wildman–Crippen MR) is 43.9 cm³/mol. The van der Waals surface area contributed by atoms with Crippen LogP contribution in [-0.2, 0) is 0 Å². The minimum Gasteiger partial charge on any atom is -0.478 e. The molecule has 4 heteroatoms. The molecule has 0 fully saturated rings. The second-order valence-corrected chi connectivity index (χ2v) is 2.16. The summed E-state index contributed by atoms with van der Waals surface area (Å²) in [5.74, 6) is -0.120. The van der Waals surface area contributed by atoms with Crippen molar-refractivity contribution in [3.8, 4) is 5.88 Å². The van der Waals surface area contributed by atoms with E-state index in [0.717, 1.165) is 0 Å². The first kappa shape index (κ1) is 8.52. The summed E-state index contributed by atoms with van der Waals surface area (Å²) in [4.78, 5) is 14.5. The number of nitrogens with two attached hydrogens (primary N) is 1. The molecule has 0 atom stereocenters. The summed E-state index contributed by atoms with van der Waals surface area (Å²) < 4.78 is 5.08. The van der Waals surface area contributed by atoms with Crippen molar-refractivity contribution in [1.29, 1.82) is 0 Å². The van der Waals surface area contributed by atoms with Crippen LogP contribution in [0.5, 0.6) is 5.88 Å². The van der Waals surface area contributed by atoms with E-state index < -0.39 is 5.91 Å². The van der Waals surface area contributed by atoms with Gasteiger partial charge in [0.15, 0.2) is 0 Å². The highest BCUT2D eigenvalue weighted by molar-refractivity contribution is 5.90. The number of rotatable bonds is 3. The second-order valence-electron chi connectivity index (χ2n) is 2.16. The van der Waals surface area contributed by atoms with Gasteiger partial charge in [0.25, 0.3) is 5.91 Å². The zero-order valence-electron chi connectivity index (χ0n) is 6.78. The van der Waals surface area contributed by atoms with E-state index >= 15 is 0 Å². The van der Waals surface area contributed by atoms with Gasteiger partial charge in [-0.05, 0) is 13.0 Å². The van der Waals surface area contributed by atoms with Crippen LogP contribution in [-0.4, -0.2) is 17.5 Å². The van der Waals surface area contributed by atoms with Gasteiger partial charge in [0.05, 0.1) is 6.61 Å². The van der Waals surface area contributed by atoms with Crippen LogP contribution >= 0.6 is 0 Å². The summed E-state index contributed by atoms with van der Waals surface area (Å²) in [6.45, 7) is 2.37. The normalized spacial score (nSPS) is 9.42. The molecular weight excluding hydrogens is 156 g/mol. The maximum absolute atomic E-state index is 10.7. The van der Waals surface area contributed by atoms with Crippen LogP contribution in [0, 0.1) is 0 Å². The maximum atomic E-state index is 10.7. The molecule has 0 bridgehead atoms. The number of hydrogen-bond donors (Lipinski definition) is 1. The van der Waals surface area contributed by atoms with E-state index in [1.54, 1.807) is 18.2 Å². The van der Waals surface area contributed by atoms with Gasteiger partial charge < -0.3 is 10.5 Å². The first-order valence-electron chi connectivity index (χ1n) is 3.63. The number of pyridine rings is 1. The van der Waals surface area contributed by atoms with Crippen molar-refractivity contribution in [3.63, 3.8) is 0 Å². The topological polar surface area (TPSA) is 65.2 Å². The van der Waals surface area contributed by atoms with Gasteiger partial charge in [-0.2, -0.15) is 0 Å². The number of primary amides is 1. The number of amides is 1. The van der Waals surface area contributed by atoms with Crippen molar-refractivity contribution in [3.05, 3.63) is 23.9 Å². The first-order valence-corrected chi connectivity index (χ1v) is 3.63. The van der Waals surface area contributed by atoms with E-state index in [4.69, 9.17) is 10.5 Å². The molecule has 0 aliphatic carbocycles. The Morgan fingerprint density at radius 3 is 3.00 bits per heavy atom. The van der Waals surface area contributed by atoms with Crippen molar-refractivity contribution < 1.29 is 9.53 Å². The molecule has 0 unspecified atom stereocenters. The average molecular weight is 166 g/mol. The summed E-state index contributed by atoms with van der Waals surface area (Å²) >= 11 is 0. The molecule has 4 nitrogen and oxygen atoms in total. The number of aromatic nitrogens is 1. The average Bonchev–Trinajstić information content (AvgIpc) is 2.05. The Bertz CT molecular complexity index is 286. The zero-order valence-corrected chi connectivity index (χ0v) is 6.78. The summed E-state index contributed by atoms with van der Waals surface area (Å²) in [6, 6.07) is 4.90. The largest absolute Gasteiger partial charge is 0.478 e. The van der Waals surface area contributed by atoms with Crippen LogP contribution in [0.2, 0.25) is 0 Å². The van der Waals surface area contributed by atoms with Gasteiger partial charge in [-0.1, -0.05) is 6.07 Å². The van der Waals surface area contributed by atoms with Crippen molar-refractivity contribution in [2.75, 3.05) is 6.61 Å². The number of carbonyl (C=O) groups is 1. The molecule has 0 saturated heterocycles. The number of nitrogens with zero attached hydrogens (tertiary/aromatic N) is 1. The lowest BCUT2D eigenvalue weighted by atomic mass is 10.3. The molecule has 0 aliphatic rings. The smallest absolute Gasteiger partial charge is 0.267 e. The molecule has 1 heterocycles. The molecule has 1 aromatic rings. The van der Waals surface area contributed by atoms with E-state index in [1.165, 1.54) is 0 Å². The molecule has 0 aliphatic heterocycles. The van der Waals surface area contributed by atoms with E-state index in [2.05, 4.69) is 4.98 Å². The van der Waals surface area contributed by atoms with Crippen LogP contribution in [0.15, 0.2) is 18.2 Å². The molecule has 1 aromatic heterocycles. The molecule has 0 spiro atoms. The van der Waals surface area contributed by atoms with Crippen molar-refractivity contribution in [2.45, 2.75) is 6.92 Å². The first-order chi connectivity index (χ1) is 5.74. The molecule has 2 N–H and O–H groups in total. The highest BCUT2D eigenvalue weighted by atomic mass is 16.5. The lowest BCUT2D eigenvalue weighted by Gasteiger charge is -2.01. The van der Waals surface area contributed by atoms with Crippen molar-refractivity contribution >= 4 is 5.91 Å². The third-order valence-corrected chi connectivity index (χ3v) is 1.27. The summed E-state index contributed by atoms with van der Waals surface area (Å²) in [5.41, 5.74) is 5.24. The molecule has 1 rings (SSSR count). The number of hydrogen-bond acceptors (Lipinski definition) is 3. The summed E-state index contributed by atoms with van der Waals surface area (Å²) in [7, 11) is 0. The van der Waals surface area contributed by atoms with Crippen LogP contribution in [0.3, 0.4) is 0 Å². The van der Waals surface area contributed by atoms with Gasteiger partial charge in [-0.3, -0.25) is 4.79 Å². The standard InChI is InChI=1S/C8H10N2O2/c1-2-12-7-5-3-4-6(10-7)8(9)11/h3-5H,2H2,1H3,(H2,9,11). The molecular formula is C8H10N2O2. The number of carbonyl (C=O) groups excluding carboxylic acids is 1. The quantitative estimate of drug-likeness (QED) is 0.714. The SMILES string of the molecule is CCOc1cccc(C(N)=O)n1. The molecule has 0 saturated carbocycles. The Labute approximate surface area is 70.4 Å². The fourth-order valence-corrected chi connectivity index (χ4v) is 0.780. The maximum Gasteiger partial charge on any atom is 0.267 e. The Balaban J connectivity index is 2.88. The van der Waals surface area contributed by atoms with Gasteiger partial charge in [0, 0.05) is 6.07 Å². The lowest BCUT2D eigenvalue weighted by Crippen LogP contribution is -2.13. The van der Waals surface area contributed by atoms with Crippen LogP contribution in [0.1, 0.15) is 17.4 Å². The van der Waals surface area contributed by atoms with Crippen molar-refractivity contribution in [1.82, 2.24) is 4.98 Å². The van der Waals surface area contributed by atoms with E-state index in [9.17, 15) is 4.79 Å². The van der Waals surface area contributed by atoms with Gasteiger partial charge in [-0.15, -0.1) is 0 Å². The van der Waals surface area contributed by atoms with E-state index in [0.29, 0.717) is 12.5 Å². The molecule has 0 aromatic carbocycles.